The Morgan fingerprint density at radius 1 is 1.47 bits per heavy atom. The second-order valence-electron chi connectivity index (χ2n) is 5.09. The minimum Gasteiger partial charge on any atom is -0.396 e. The van der Waals surface area contributed by atoms with E-state index in [9.17, 15) is 10.4 Å². The van der Waals surface area contributed by atoms with Crippen LogP contribution < -0.4 is 10.2 Å². The lowest BCUT2D eigenvalue weighted by Gasteiger charge is -2.32. The molecule has 1 fully saturated rings. The summed E-state index contributed by atoms with van der Waals surface area (Å²) in [6, 6.07) is 10.7. The molecule has 1 heterocycles. The summed E-state index contributed by atoms with van der Waals surface area (Å²) >= 11 is 0. The van der Waals surface area contributed by atoms with Gasteiger partial charge in [0.15, 0.2) is 0 Å². The Balaban J connectivity index is 2.29. The van der Waals surface area contributed by atoms with Crippen LogP contribution in [-0.2, 0) is 0 Å². The van der Waals surface area contributed by atoms with Crippen LogP contribution in [0.25, 0.3) is 0 Å². The maximum Gasteiger partial charge on any atom is 0.101 e. The average Bonchev–Trinajstić information content (AvgIpc) is 2.62. The van der Waals surface area contributed by atoms with Crippen molar-refractivity contribution in [1.82, 2.24) is 5.32 Å². The SMILES string of the molecule is CC1CCN(c2ccccc2C#N)C(CCO)CN1. The molecule has 19 heavy (non-hydrogen) atoms. The Hall–Kier alpha value is -1.57. The Labute approximate surface area is 114 Å². The highest BCUT2D eigenvalue weighted by molar-refractivity contribution is 5.60. The van der Waals surface area contributed by atoms with E-state index < -0.39 is 0 Å². The third kappa shape index (κ3) is 3.25. The second kappa shape index (κ2) is 6.55. The molecule has 4 heteroatoms. The van der Waals surface area contributed by atoms with E-state index in [0.717, 1.165) is 31.6 Å². The monoisotopic (exact) mass is 259 g/mol. The number of nitrogens with one attached hydrogen (secondary N) is 1. The van der Waals surface area contributed by atoms with Gasteiger partial charge in [-0.15, -0.1) is 0 Å². The topological polar surface area (TPSA) is 59.3 Å². The van der Waals surface area contributed by atoms with Gasteiger partial charge in [0.2, 0.25) is 0 Å². The first kappa shape index (κ1) is 13.9. The molecular formula is C15H21N3O. The van der Waals surface area contributed by atoms with Gasteiger partial charge in [0, 0.05) is 31.8 Å². The Morgan fingerprint density at radius 2 is 2.26 bits per heavy atom. The van der Waals surface area contributed by atoms with Gasteiger partial charge in [-0.05, 0) is 31.9 Å². The largest absolute Gasteiger partial charge is 0.396 e. The van der Waals surface area contributed by atoms with Gasteiger partial charge in [0.1, 0.15) is 6.07 Å². The zero-order valence-corrected chi connectivity index (χ0v) is 11.3. The van der Waals surface area contributed by atoms with Crippen LogP contribution in [-0.4, -0.2) is 36.9 Å². The molecule has 1 aromatic rings. The lowest BCUT2D eigenvalue weighted by molar-refractivity contribution is 0.272. The van der Waals surface area contributed by atoms with Gasteiger partial charge in [-0.3, -0.25) is 0 Å². The highest BCUT2D eigenvalue weighted by Gasteiger charge is 2.24. The van der Waals surface area contributed by atoms with Gasteiger partial charge in [0.05, 0.1) is 11.3 Å². The summed E-state index contributed by atoms with van der Waals surface area (Å²) in [4.78, 5) is 2.27. The van der Waals surface area contributed by atoms with Gasteiger partial charge in [-0.1, -0.05) is 12.1 Å². The van der Waals surface area contributed by atoms with Crippen LogP contribution in [0.3, 0.4) is 0 Å². The van der Waals surface area contributed by atoms with E-state index in [0.29, 0.717) is 11.6 Å². The fourth-order valence-electron chi connectivity index (χ4n) is 2.61. The van der Waals surface area contributed by atoms with Gasteiger partial charge in [0.25, 0.3) is 0 Å². The Morgan fingerprint density at radius 3 is 3.00 bits per heavy atom. The minimum atomic E-state index is 0.173. The van der Waals surface area contributed by atoms with Crippen molar-refractivity contribution in [2.75, 3.05) is 24.6 Å². The van der Waals surface area contributed by atoms with Crippen molar-refractivity contribution in [2.24, 2.45) is 0 Å². The second-order valence-corrected chi connectivity index (χ2v) is 5.09. The number of nitriles is 1. The third-order valence-electron chi connectivity index (χ3n) is 3.74. The molecule has 1 aliphatic heterocycles. The number of nitrogens with zero attached hydrogens (tertiary/aromatic N) is 2. The number of rotatable bonds is 3. The molecule has 0 radical (unpaired) electrons. The highest BCUT2D eigenvalue weighted by Crippen LogP contribution is 2.24. The highest BCUT2D eigenvalue weighted by atomic mass is 16.3. The van der Waals surface area contributed by atoms with Crippen LogP contribution in [0.15, 0.2) is 24.3 Å². The van der Waals surface area contributed by atoms with Crippen LogP contribution in [0.1, 0.15) is 25.3 Å². The molecule has 2 unspecified atom stereocenters. The van der Waals surface area contributed by atoms with Crippen molar-refractivity contribution in [3.63, 3.8) is 0 Å². The zero-order chi connectivity index (χ0) is 13.7. The summed E-state index contributed by atoms with van der Waals surface area (Å²) in [5, 5.41) is 22.0. The average molecular weight is 259 g/mol. The lowest BCUT2D eigenvalue weighted by Crippen LogP contribution is -2.41. The summed E-state index contributed by atoms with van der Waals surface area (Å²) in [5.74, 6) is 0. The molecule has 0 aliphatic carbocycles. The number of aliphatic hydroxyl groups is 1. The summed E-state index contributed by atoms with van der Waals surface area (Å²) < 4.78 is 0. The predicted octanol–water partition coefficient (Wildman–Crippen LogP) is 1.50. The molecule has 0 aromatic heterocycles. The summed E-state index contributed by atoms with van der Waals surface area (Å²) in [6.45, 7) is 4.11. The van der Waals surface area contributed by atoms with Gasteiger partial charge in [-0.25, -0.2) is 0 Å². The van der Waals surface area contributed by atoms with E-state index in [1.54, 1.807) is 0 Å². The van der Waals surface area contributed by atoms with Crippen molar-refractivity contribution in [1.29, 1.82) is 5.26 Å². The molecule has 0 saturated carbocycles. The standard InChI is InChI=1S/C15H21N3O/c1-12-6-8-18(14(7-9-19)11-17-12)15-5-3-2-4-13(15)10-16/h2-5,12,14,17,19H,6-9,11H2,1H3. The quantitative estimate of drug-likeness (QED) is 0.863. The molecule has 102 valence electrons. The predicted molar refractivity (Wildman–Crippen MR) is 76.1 cm³/mol. The number of aliphatic hydroxyl groups excluding tert-OH is 1. The molecule has 1 saturated heterocycles. The molecule has 2 rings (SSSR count). The summed E-state index contributed by atoms with van der Waals surface area (Å²) in [5.41, 5.74) is 1.69. The van der Waals surface area contributed by atoms with Gasteiger partial charge >= 0.3 is 0 Å². The Bertz CT molecular complexity index is 455. The molecule has 0 spiro atoms. The van der Waals surface area contributed by atoms with Crippen LogP contribution in [0, 0.1) is 11.3 Å². The number of para-hydroxylation sites is 1. The normalized spacial score (nSPS) is 23.7. The number of benzene rings is 1. The summed E-state index contributed by atoms with van der Waals surface area (Å²) in [7, 11) is 0. The van der Waals surface area contributed by atoms with E-state index in [1.807, 2.05) is 24.3 Å². The molecular weight excluding hydrogens is 238 g/mol. The first-order valence-corrected chi connectivity index (χ1v) is 6.86. The lowest BCUT2D eigenvalue weighted by atomic mass is 10.1. The van der Waals surface area contributed by atoms with E-state index >= 15 is 0 Å². The number of hydrogen-bond acceptors (Lipinski definition) is 4. The maximum absolute atomic E-state index is 9.25. The van der Waals surface area contributed by atoms with Crippen LogP contribution in [0.5, 0.6) is 0 Å². The van der Waals surface area contributed by atoms with E-state index in [4.69, 9.17) is 0 Å². The molecule has 0 bridgehead atoms. The summed E-state index contributed by atoms with van der Waals surface area (Å²) in [6.07, 6.45) is 1.77. The fraction of sp³-hybridized carbons (Fsp3) is 0.533. The molecule has 1 aromatic carbocycles. The molecule has 2 N–H and O–H groups in total. The molecule has 4 nitrogen and oxygen atoms in total. The smallest absolute Gasteiger partial charge is 0.101 e. The maximum atomic E-state index is 9.25. The minimum absolute atomic E-state index is 0.173. The first-order valence-electron chi connectivity index (χ1n) is 6.86. The van der Waals surface area contributed by atoms with Gasteiger partial charge in [-0.2, -0.15) is 5.26 Å². The molecule has 2 atom stereocenters. The van der Waals surface area contributed by atoms with Crippen molar-refractivity contribution in [3.05, 3.63) is 29.8 Å². The van der Waals surface area contributed by atoms with E-state index in [2.05, 4.69) is 23.2 Å². The first-order chi connectivity index (χ1) is 9.26. The van der Waals surface area contributed by atoms with Crippen molar-refractivity contribution in [3.8, 4) is 6.07 Å². The van der Waals surface area contributed by atoms with E-state index in [1.165, 1.54) is 0 Å². The zero-order valence-electron chi connectivity index (χ0n) is 11.3. The van der Waals surface area contributed by atoms with Crippen LogP contribution in [0.4, 0.5) is 5.69 Å². The van der Waals surface area contributed by atoms with Gasteiger partial charge < -0.3 is 15.3 Å². The van der Waals surface area contributed by atoms with Crippen molar-refractivity contribution in [2.45, 2.75) is 31.8 Å². The number of anilines is 1. The third-order valence-corrected chi connectivity index (χ3v) is 3.74. The van der Waals surface area contributed by atoms with E-state index in [-0.39, 0.29) is 12.6 Å². The van der Waals surface area contributed by atoms with Crippen molar-refractivity contribution < 1.29 is 5.11 Å². The van der Waals surface area contributed by atoms with Crippen LogP contribution in [0.2, 0.25) is 0 Å². The number of hydrogen-bond donors (Lipinski definition) is 2. The van der Waals surface area contributed by atoms with Crippen LogP contribution >= 0.6 is 0 Å². The fourth-order valence-corrected chi connectivity index (χ4v) is 2.61. The molecule has 0 amide bonds. The van der Waals surface area contributed by atoms with Crippen molar-refractivity contribution >= 4 is 5.69 Å². The molecule has 1 aliphatic rings. The Kier molecular flexibility index (Phi) is 4.78.